The summed E-state index contributed by atoms with van der Waals surface area (Å²) in [6.45, 7) is 0. The van der Waals surface area contributed by atoms with Gasteiger partial charge in [-0.15, -0.1) is 0 Å². The molecular formula is C43H27N3. The predicted molar refractivity (Wildman–Crippen MR) is 193 cm³/mol. The van der Waals surface area contributed by atoms with Crippen LogP contribution in [0.2, 0.25) is 0 Å². The molecule has 0 radical (unpaired) electrons. The largest absolute Gasteiger partial charge is 0.309 e. The van der Waals surface area contributed by atoms with E-state index in [0.29, 0.717) is 0 Å². The van der Waals surface area contributed by atoms with Crippen molar-refractivity contribution in [3.05, 3.63) is 164 Å². The maximum Gasteiger partial charge on any atom is 0.0640 e. The van der Waals surface area contributed by atoms with E-state index in [1.54, 1.807) is 0 Å². The van der Waals surface area contributed by atoms with Crippen molar-refractivity contribution in [2.45, 2.75) is 0 Å². The van der Waals surface area contributed by atoms with Gasteiger partial charge in [0.25, 0.3) is 0 Å². The van der Waals surface area contributed by atoms with Gasteiger partial charge in [0.2, 0.25) is 0 Å². The Kier molecular flexibility index (Phi) is 5.28. The lowest BCUT2D eigenvalue weighted by molar-refractivity contribution is 1.17. The summed E-state index contributed by atoms with van der Waals surface area (Å²) in [4.78, 5) is 4.55. The molecule has 0 saturated heterocycles. The number of rotatable bonds is 3. The van der Waals surface area contributed by atoms with Gasteiger partial charge in [0.15, 0.2) is 0 Å². The van der Waals surface area contributed by atoms with Gasteiger partial charge >= 0.3 is 0 Å². The number of aromatic nitrogens is 3. The van der Waals surface area contributed by atoms with Gasteiger partial charge in [-0.25, -0.2) is 0 Å². The van der Waals surface area contributed by atoms with Gasteiger partial charge in [0.05, 0.1) is 22.1 Å². The Balaban J connectivity index is 1.33. The van der Waals surface area contributed by atoms with E-state index in [2.05, 4.69) is 166 Å². The number of pyridine rings is 1. The second-order valence-electron chi connectivity index (χ2n) is 12.0. The number of hydrogen-bond acceptors (Lipinski definition) is 1. The summed E-state index contributed by atoms with van der Waals surface area (Å²) in [5, 5.41) is 9.87. The second-order valence-corrected chi connectivity index (χ2v) is 12.0. The first-order valence-electron chi connectivity index (χ1n) is 15.7. The molecule has 7 aromatic carbocycles. The summed E-state index contributed by atoms with van der Waals surface area (Å²) < 4.78 is 4.91. The van der Waals surface area contributed by atoms with Crippen molar-refractivity contribution in [1.82, 2.24) is 14.1 Å². The quantitative estimate of drug-likeness (QED) is 0.202. The molecule has 3 nitrogen and oxygen atoms in total. The highest BCUT2D eigenvalue weighted by molar-refractivity contribution is 6.28. The van der Waals surface area contributed by atoms with Crippen LogP contribution >= 0.6 is 0 Å². The fraction of sp³-hybridized carbons (Fsp3) is 0. The molecule has 3 heterocycles. The molecule has 3 aromatic heterocycles. The minimum atomic E-state index is 1.13. The Hall–Kier alpha value is -6.19. The summed E-state index contributed by atoms with van der Waals surface area (Å²) in [5.41, 5.74) is 9.47. The number of nitrogens with zero attached hydrogens (tertiary/aromatic N) is 3. The van der Waals surface area contributed by atoms with Crippen molar-refractivity contribution < 1.29 is 0 Å². The van der Waals surface area contributed by atoms with E-state index in [4.69, 9.17) is 0 Å². The molecule has 0 fully saturated rings. The van der Waals surface area contributed by atoms with Crippen LogP contribution in [0, 0.1) is 0 Å². The van der Waals surface area contributed by atoms with Crippen LogP contribution in [0.4, 0.5) is 0 Å². The van der Waals surface area contributed by atoms with Crippen LogP contribution in [0.15, 0.2) is 164 Å². The zero-order valence-electron chi connectivity index (χ0n) is 24.9. The van der Waals surface area contributed by atoms with Crippen molar-refractivity contribution in [2.75, 3.05) is 0 Å². The lowest BCUT2D eigenvalue weighted by Gasteiger charge is -2.14. The van der Waals surface area contributed by atoms with Gasteiger partial charge < -0.3 is 9.13 Å². The molecule has 0 aliphatic carbocycles. The first-order valence-corrected chi connectivity index (χ1v) is 15.7. The van der Waals surface area contributed by atoms with Crippen LogP contribution in [-0.4, -0.2) is 14.1 Å². The lowest BCUT2D eigenvalue weighted by atomic mass is 10.0. The standard InChI is InChI=1S/C43H27N3/c1-2-11-31(12-3-1)45-39-16-8-6-14-34(39)36-24-20-29-21-25-37-35-15-7-9-17-40(35)46(43(37)41(29)42(36)45)32-22-18-28(19-23-32)38-27-44-26-30-10-4-5-13-33(30)38/h1-27H. The van der Waals surface area contributed by atoms with Crippen molar-refractivity contribution >= 4 is 65.2 Å². The van der Waals surface area contributed by atoms with E-state index in [1.807, 2.05) is 12.4 Å². The highest BCUT2D eigenvalue weighted by Crippen LogP contribution is 2.43. The third-order valence-corrected chi connectivity index (χ3v) is 9.57. The molecule has 0 aliphatic heterocycles. The van der Waals surface area contributed by atoms with Crippen molar-refractivity contribution in [1.29, 1.82) is 0 Å². The monoisotopic (exact) mass is 585 g/mol. The molecule has 0 N–H and O–H groups in total. The third-order valence-electron chi connectivity index (χ3n) is 9.57. The highest BCUT2D eigenvalue weighted by atomic mass is 15.0. The Bertz CT molecular complexity index is 2770. The molecule has 0 saturated carbocycles. The maximum atomic E-state index is 4.55. The number of fused-ring (bicyclic) bond motifs is 10. The number of hydrogen-bond donors (Lipinski definition) is 0. The first kappa shape index (κ1) is 25.2. The zero-order chi connectivity index (χ0) is 30.2. The Morgan fingerprint density at radius 3 is 1.57 bits per heavy atom. The highest BCUT2D eigenvalue weighted by Gasteiger charge is 2.21. The zero-order valence-corrected chi connectivity index (χ0v) is 24.9. The molecule has 0 bridgehead atoms. The molecular weight excluding hydrogens is 558 g/mol. The molecule has 46 heavy (non-hydrogen) atoms. The molecule has 0 amide bonds. The van der Waals surface area contributed by atoms with Crippen LogP contribution in [0.1, 0.15) is 0 Å². The Morgan fingerprint density at radius 2 is 0.913 bits per heavy atom. The summed E-state index contributed by atoms with van der Waals surface area (Å²) in [6, 6.07) is 55.0. The molecule has 0 aliphatic rings. The van der Waals surface area contributed by atoms with Crippen LogP contribution in [-0.2, 0) is 0 Å². The first-order chi connectivity index (χ1) is 22.8. The molecule has 10 rings (SSSR count). The van der Waals surface area contributed by atoms with E-state index in [0.717, 1.165) is 27.9 Å². The molecule has 10 aromatic rings. The summed E-state index contributed by atoms with van der Waals surface area (Å²) in [7, 11) is 0. The smallest absolute Gasteiger partial charge is 0.0640 e. The fourth-order valence-corrected chi connectivity index (χ4v) is 7.56. The minimum Gasteiger partial charge on any atom is -0.309 e. The number of benzene rings is 7. The van der Waals surface area contributed by atoms with Gasteiger partial charge in [-0.05, 0) is 52.7 Å². The van der Waals surface area contributed by atoms with Crippen molar-refractivity contribution in [3.63, 3.8) is 0 Å². The molecule has 0 atom stereocenters. The van der Waals surface area contributed by atoms with Gasteiger partial charge in [0, 0.05) is 61.6 Å². The predicted octanol–water partition coefficient (Wildman–Crippen LogP) is 11.2. The van der Waals surface area contributed by atoms with E-state index in [1.165, 1.54) is 59.8 Å². The van der Waals surface area contributed by atoms with Crippen LogP contribution < -0.4 is 0 Å². The SMILES string of the molecule is c1ccc(-n2c3ccccc3c3ccc4ccc5c6ccccc6n(-c6ccc(-c7cncc8ccccc78)cc6)c5c4c32)cc1. The second kappa shape index (κ2) is 9.65. The van der Waals surface area contributed by atoms with Gasteiger partial charge in [-0.3, -0.25) is 4.98 Å². The van der Waals surface area contributed by atoms with Crippen LogP contribution in [0.5, 0.6) is 0 Å². The topological polar surface area (TPSA) is 22.8 Å². The normalized spacial score (nSPS) is 11.9. The molecule has 214 valence electrons. The van der Waals surface area contributed by atoms with E-state index >= 15 is 0 Å². The minimum absolute atomic E-state index is 1.13. The molecule has 3 heteroatoms. The van der Waals surface area contributed by atoms with Crippen molar-refractivity contribution in [2.24, 2.45) is 0 Å². The average Bonchev–Trinajstić information content (AvgIpc) is 3.65. The summed E-state index contributed by atoms with van der Waals surface area (Å²) >= 11 is 0. The van der Waals surface area contributed by atoms with E-state index < -0.39 is 0 Å². The fourth-order valence-electron chi connectivity index (χ4n) is 7.56. The van der Waals surface area contributed by atoms with Gasteiger partial charge in [-0.1, -0.05) is 115 Å². The van der Waals surface area contributed by atoms with Crippen LogP contribution in [0.3, 0.4) is 0 Å². The van der Waals surface area contributed by atoms with Gasteiger partial charge in [-0.2, -0.15) is 0 Å². The average molecular weight is 586 g/mol. The Morgan fingerprint density at radius 1 is 0.370 bits per heavy atom. The molecule has 0 unspecified atom stereocenters. The number of para-hydroxylation sites is 3. The van der Waals surface area contributed by atoms with Crippen molar-refractivity contribution in [3.8, 4) is 22.5 Å². The van der Waals surface area contributed by atoms with E-state index in [-0.39, 0.29) is 0 Å². The summed E-state index contributed by atoms with van der Waals surface area (Å²) in [5.74, 6) is 0. The Labute approximate surface area is 265 Å². The maximum absolute atomic E-state index is 4.55. The lowest BCUT2D eigenvalue weighted by Crippen LogP contribution is -1.97. The summed E-state index contributed by atoms with van der Waals surface area (Å²) in [6.07, 6.45) is 3.91. The van der Waals surface area contributed by atoms with E-state index in [9.17, 15) is 0 Å². The van der Waals surface area contributed by atoms with Crippen LogP contribution in [0.25, 0.3) is 87.7 Å². The molecule has 0 spiro atoms. The van der Waals surface area contributed by atoms with Gasteiger partial charge in [0.1, 0.15) is 0 Å². The third kappa shape index (κ3) is 3.51.